The number of aromatic nitrogens is 1. The van der Waals surface area contributed by atoms with Gasteiger partial charge in [-0.05, 0) is 30.8 Å². The maximum absolute atomic E-state index is 11.1. The van der Waals surface area contributed by atoms with Gasteiger partial charge in [-0.25, -0.2) is 9.78 Å². The molecule has 15 heavy (non-hydrogen) atoms. The molecular weight excluding hydrogens is 210 g/mol. The van der Waals surface area contributed by atoms with Crippen molar-refractivity contribution in [2.24, 2.45) is 0 Å². The molecule has 0 amide bonds. The Balaban J connectivity index is 2.29. The molecule has 76 valence electrons. The fourth-order valence-corrected chi connectivity index (χ4v) is 1.93. The minimum Gasteiger partial charge on any atom is -0.398 e. The summed E-state index contributed by atoms with van der Waals surface area (Å²) in [6, 6.07) is 11.0. The minimum atomic E-state index is -0.360. The van der Waals surface area contributed by atoms with Crippen molar-refractivity contribution in [1.29, 1.82) is 0 Å². The lowest BCUT2D eigenvalue weighted by Crippen LogP contribution is -2.00. The Hall–Kier alpha value is -1.55. The second kappa shape index (κ2) is 4.31. The van der Waals surface area contributed by atoms with Crippen LogP contribution in [0, 0.1) is 6.92 Å². The molecule has 0 aliphatic carbocycles. The summed E-state index contributed by atoms with van der Waals surface area (Å²) in [6.45, 7) is 1.77. The summed E-state index contributed by atoms with van der Waals surface area (Å²) in [7, 11) is 0. The topological polar surface area (TPSA) is 43.1 Å². The molecule has 2 aromatic rings. The average Bonchev–Trinajstić information content (AvgIpc) is 2.17. The smallest absolute Gasteiger partial charge is 0.339 e. The van der Waals surface area contributed by atoms with E-state index in [1.807, 2.05) is 30.3 Å². The summed E-state index contributed by atoms with van der Waals surface area (Å²) in [5, 5.41) is 0.381. The first-order valence-corrected chi connectivity index (χ1v) is 5.27. The lowest BCUT2D eigenvalue weighted by Gasteiger charge is -1.98. The van der Waals surface area contributed by atoms with Crippen molar-refractivity contribution < 1.29 is 4.42 Å². The Morgan fingerprint density at radius 1 is 1.27 bits per heavy atom. The fourth-order valence-electron chi connectivity index (χ4n) is 1.12. The Morgan fingerprint density at radius 2 is 2.00 bits per heavy atom. The summed E-state index contributed by atoms with van der Waals surface area (Å²) in [5.41, 5.74) is 0.311. The Morgan fingerprint density at radius 3 is 2.67 bits per heavy atom. The molecule has 0 spiro atoms. The van der Waals surface area contributed by atoms with E-state index in [2.05, 4.69) is 4.98 Å². The lowest BCUT2D eigenvalue weighted by atomic mass is 10.4. The fraction of sp³-hybridized carbons (Fsp3) is 0.0909. The molecule has 0 bridgehead atoms. The summed E-state index contributed by atoms with van der Waals surface area (Å²) in [5.74, 6) is 0. The number of aryl methyl sites for hydroxylation is 1. The molecular formula is C11H9NO2S. The molecule has 1 aromatic heterocycles. The van der Waals surface area contributed by atoms with Crippen LogP contribution in [0.5, 0.6) is 0 Å². The van der Waals surface area contributed by atoms with Crippen molar-refractivity contribution in [3.05, 3.63) is 52.5 Å². The number of benzene rings is 1. The Bertz CT molecular complexity index is 507. The predicted molar refractivity (Wildman–Crippen MR) is 58.1 cm³/mol. The van der Waals surface area contributed by atoms with Gasteiger partial charge < -0.3 is 4.42 Å². The highest BCUT2D eigenvalue weighted by Crippen LogP contribution is 2.24. The van der Waals surface area contributed by atoms with E-state index in [1.165, 1.54) is 17.8 Å². The van der Waals surface area contributed by atoms with E-state index in [1.54, 1.807) is 6.92 Å². The van der Waals surface area contributed by atoms with Crippen LogP contribution >= 0.6 is 11.8 Å². The predicted octanol–water partition coefficient (Wildman–Crippen LogP) is 2.49. The number of nitrogens with zero attached hydrogens (tertiary/aromatic N) is 1. The van der Waals surface area contributed by atoms with Gasteiger partial charge in [0.25, 0.3) is 5.22 Å². The highest BCUT2D eigenvalue weighted by atomic mass is 32.2. The third-order valence-electron chi connectivity index (χ3n) is 1.73. The first-order valence-electron chi connectivity index (χ1n) is 4.46. The van der Waals surface area contributed by atoms with E-state index in [0.717, 1.165) is 4.90 Å². The van der Waals surface area contributed by atoms with Crippen LogP contribution in [-0.4, -0.2) is 4.98 Å². The van der Waals surface area contributed by atoms with Gasteiger partial charge in [-0.1, -0.05) is 18.2 Å². The van der Waals surface area contributed by atoms with E-state index in [9.17, 15) is 4.79 Å². The molecule has 1 heterocycles. The van der Waals surface area contributed by atoms with Crippen LogP contribution in [-0.2, 0) is 0 Å². The van der Waals surface area contributed by atoms with Crippen molar-refractivity contribution >= 4 is 11.8 Å². The quantitative estimate of drug-likeness (QED) is 0.778. The van der Waals surface area contributed by atoms with Crippen LogP contribution in [0.2, 0.25) is 0 Å². The van der Waals surface area contributed by atoms with Gasteiger partial charge in [0.2, 0.25) is 0 Å². The van der Waals surface area contributed by atoms with Crippen LogP contribution in [0.1, 0.15) is 5.69 Å². The van der Waals surface area contributed by atoms with Gasteiger partial charge in [-0.3, -0.25) is 0 Å². The zero-order valence-corrected chi connectivity index (χ0v) is 8.95. The van der Waals surface area contributed by atoms with Gasteiger partial charge in [-0.15, -0.1) is 0 Å². The minimum absolute atomic E-state index is 0.360. The first-order chi connectivity index (χ1) is 7.24. The third-order valence-corrected chi connectivity index (χ3v) is 2.59. The zero-order valence-electron chi connectivity index (χ0n) is 8.14. The van der Waals surface area contributed by atoms with Gasteiger partial charge in [0.15, 0.2) is 0 Å². The van der Waals surface area contributed by atoms with Crippen LogP contribution in [0.15, 0.2) is 55.7 Å². The maximum Gasteiger partial charge on any atom is 0.339 e. The number of hydrogen-bond acceptors (Lipinski definition) is 4. The summed E-state index contributed by atoms with van der Waals surface area (Å²) in [6.07, 6.45) is 0. The molecule has 3 nitrogen and oxygen atoms in total. The van der Waals surface area contributed by atoms with Crippen LogP contribution in [0.3, 0.4) is 0 Å². The molecule has 0 aliphatic rings. The Labute approximate surface area is 91.2 Å². The van der Waals surface area contributed by atoms with Crippen molar-refractivity contribution in [3.8, 4) is 0 Å². The zero-order chi connectivity index (χ0) is 10.7. The SMILES string of the molecule is Cc1cc(=O)oc(Sc2ccccc2)n1. The van der Waals surface area contributed by atoms with E-state index in [4.69, 9.17) is 4.42 Å². The van der Waals surface area contributed by atoms with Crippen LogP contribution < -0.4 is 5.63 Å². The number of hydrogen-bond donors (Lipinski definition) is 0. The molecule has 0 N–H and O–H groups in total. The van der Waals surface area contributed by atoms with E-state index >= 15 is 0 Å². The molecule has 0 unspecified atom stereocenters. The monoisotopic (exact) mass is 219 g/mol. The second-order valence-electron chi connectivity index (χ2n) is 3.00. The largest absolute Gasteiger partial charge is 0.398 e. The molecule has 0 radical (unpaired) electrons. The maximum atomic E-state index is 11.1. The summed E-state index contributed by atoms with van der Waals surface area (Å²) in [4.78, 5) is 16.2. The van der Waals surface area contributed by atoms with E-state index in [-0.39, 0.29) is 5.63 Å². The van der Waals surface area contributed by atoms with Gasteiger partial charge in [0, 0.05) is 16.7 Å². The van der Waals surface area contributed by atoms with Gasteiger partial charge >= 0.3 is 5.63 Å². The van der Waals surface area contributed by atoms with Crippen LogP contribution in [0.25, 0.3) is 0 Å². The molecule has 2 rings (SSSR count). The summed E-state index contributed by atoms with van der Waals surface area (Å²) >= 11 is 1.34. The molecule has 0 saturated carbocycles. The standard InChI is InChI=1S/C11H9NO2S/c1-8-7-10(13)14-11(12-8)15-9-5-3-2-4-6-9/h2-7H,1H3. The third kappa shape index (κ3) is 2.70. The molecule has 0 aliphatic heterocycles. The lowest BCUT2D eigenvalue weighted by molar-refractivity contribution is 0.388. The van der Waals surface area contributed by atoms with E-state index < -0.39 is 0 Å². The van der Waals surface area contributed by atoms with E-state index in [0.29, 0.717) is 10.9 Å². The molecule has 1 aromatic carbocycles. The van der Waals surface area contributed by atoms with Crippen molar-refractivity contribution in [2.45, 2.75) is 17.0 Å². The molecule has 0 saturated heterocycles. The van der Waals surface area contributed by atoms with Crippen molar-refractivity contribution in [2.75, 3.05) is 0 Å². The van der Waals surface area contributed by atoms with Gasteiger partial charge in [0.1, 0.15) is 0 Å². The molecule has 0 fully saturated rings. The van der Waals surface area contributed by atoms with Gasteiger partial charge in [-0.2, -0.15) is 0 Å². The second-order valence-corrected chi connectivity index (χ2v) is 4.02. The average molecular weight is 219 g/mol. The highest BCUT2D eigenvalue weighted by Gasteiger charge is 2.02. The normalized spacial score (nSPS) is 10.2. The Kier molecular flexibility index (Phi) is 2.87. The first kappa shape index (κ1) is 9.98. The highest BCUT2D eigenvalue weighted by molar-refractivity contribution is 7.99. The molecule has 0 atom stereocenters. The van der Waals surface area contributed by atoms with Gasteiger partial charge in [0.05, 0.1) is 0 Å². The summed E-state index contributed by atoms with van der Waals surface area (Å²) < 4.78 is 4.96. The van der Waals surface area contributed by atoms with Crippen LogP contribution in [0.4, 0.5) is 0 Å². The van der Waals surface area contributed by atoms with Crippen molar-refractivity contribution in [3.63, 3.8) is 0 Å². The number of rotatable bonds is 2. The van der Waals surface area contributed by atoms with Crippen molar-refractivity contribution in [1.82, 2.24) is 4.98 Å². The molecule has 4 heteroatoms.